The molecule has 0 aliphatic carbocycles. The molecule has 2 N–H and O–H groups in total. The van der Waals surface area contributed by atoms with Crippen molar-refractivity contribution in [3.05, 3.63) is 23.4 Å². The lowest BCUT2D eigenvalue weighted by Crippen LogP contribution is -2.48. The van der Waals surface area contributed by atoms with Crippen molar-refractivity contribution in [1.82, 2.24) is 10.3 Å². The number of pyridine rings is 1. The zero-order valence-electron chi connectivity index (χ0n) is 14.4. The molecule has 1 saturated heterocycles. The molecule has 0 radical (unpaired) electrons. The minimum Gasteiger partial charge on any atom is -0.475 e. The van der Waals surface area contributed by atoms with E-state index in [4.69, 9.17) is 21.5 Å². The fraction of sp³-hybridized carbons (Fsp3) is 0.562. The second-order valence-electron chi connectivity index (χ2n) is 5.98. The van der Waals surface area contributed by atoms with Gasteiger partial charge in [0, 0.05) is 18.2 Å². The quantitative estimate of drug-likeness (QED) is 0.821. The van der Waals surface area contributed by atoms with Crippen molar-refractivity contribution < 1.29 is 27.9 Å². The Morgan fingerprint density at radius 2 is 1.85 bits per heavy atom. The van der Waals surface area contributed by atoms with Gasteiger partial charge in [-0.05, 0) is 38.1 Å². The van der Waals surface area contributed by atoms with E-state index in [2.05, 4.69) is 10.3 Å². The summed E-state index contributed by atoms with van der Waals surface area (Å²) in [5.41, 5.74) is 0. The van der Waals surface area contributed by atoms with Crippen LogP contribution in [0.1, 0.15) is 26.7 Å². The number of aliphatic carboxylic acids is 1. The van der Waals surface area contributed by atoms with E-state index in [0.717, 1.165) is 25.9 Å². The highest BCUT2D eigenvalue weighted by atomic mass is 35.5. The lowest BCUT2D eigenvalue weighted by molar-refractivity contribution is -0.192. The van der Waals surface area contributed by atoms with Gasteiger partial charge in [-0.3, -0.25) is 9.69 Å². The smallest absolute Gasteiger partial charge is 0.475 e. The molecule has 2 rings (SSSR count). The Morgan fingerprint density at radius 1 is 1.31 bits per heavy atom. The predicted molar refractivity (Wildman–Crippen MR) is 91.2 cm³/mol. The first-order valence-electron chi connectivity index (χ1n) is 7.99. The van der Waals surface area contributed by atoms with Crippen molar-refractivity contribution in [2.45, 2.75) is 38.9 Å². The SMILES string of the molecule is CC(C)C(=O)N(c1ccc(Cl)cn1)C1CCNCC1.O=C(O)C(F)(F)F. The van der Waals surface area contributed by atoms with E-state index in [9.17, 15) is 18.0 Å². The highest BCUT2D eigenvalue weighted by molar-refractivity contribution is 6.30. The molecule has 1 aliphatic heterocycles. The Morgan fingerprint density at radius 3 is 2.23 bits per heavy atom. The van der Waals surface area contributed by atoms with E-state index in [-0.39, 0.29) is 17.9 Å². The van der Waals surface area contributed by atoms with Crippen LogP contribution in [-0.4, -0.2) is 47.3 Å². The second kappa shape index (κ2) is 9.72. The number of amides is 1. The number of carboxylic acids is 1. The molecule has 0 aromatic carbocycles. The zero-order chi connectivity index (χ0) is 19.9. The molecule has 10 heteroatoms. The number of nitrogens with zero attached hydrogens (tertiary/aromatic N) is 2. The number of halogens is 4. The summed E-state index contributed by atoms with van der Waals surface area (Å²) in [6.45, 7) is 5.74. The summed E-state index contributed by atoms with van der Waals surface area (Å²) >= 11 is 5.87. The van der Waals surface area contributed by atoms with Crippen molar-refractivity contribution >= 4 is 29.3 Å². The van der Waals surface area contributed by atoms with Gasteiger partial charge in [-0.25, -0.2) is 9.78 Å². The number of anilines is 1. The summed E-state index contributed by atoms with van der Waals surface area (Å²) in [4.78, 5) is 27.5. The van der Waals surface area contributed by atoms with E-state index in [1.165, 1.54) is 0 Å². The minimum atomic E-state index is -5.08. The molecular weight excluding hydrogens is 375 g/mol. The van der Waals surface area contributed by atoms with Crippen LogP contribution < -0.4 is 10.2 Å². The number of carboxylic acid groups (broad SMARTS) is 1. The van der Waals surface area contributed by atoms with Gasteiger partial charge < -0.3 is 10.4 Å². The molecule has 1 aromatic rings. The summed E-state index contributed by atoms with van der Waals surface area (Å²) < 4.78 is 31.7. The number of piperidine rings is 1. The van der Waals surface area contributed by atoms with Gasteiger partial charge in [0.15, 0.2) is 0 Å². The van der Waals surface area contributed by atoms with Crippen molar-refractivity contribution in [2.24, 2.45) is 5.92 Å². The topological polar surface area (TPSA) is 82.5 Å². The third-order valence-electron chi connectivity index (χ3n) is 3.61. The van der Waals surface area contributed by atoms with Gasteiger partial charge in [0.25, 0.3) is 0 Å². The average molecular weight is 396 g/mol. The molecule has 6 nitrogen and oxygen atoms in total. The number of hydrogen-bond acceptors (Lipinski definition) is 4. The Bertz CT molecular complexity index is 603. The molecule has 26 heavy (non-hydrogen) atoms. The molecule has 0 atom stereocenters. The van der Waals surface area contributed by atoms with Crippen LogP contribution in [0.3, 0.4) is 0 Å². The molecule has 0 bridgehead atoms. The highest BCUT2D eigenvalue weighted by Crippen LogP contribution is 2.23. The van der Waals surface area contributed by atoms with Gasteiger partial charge in [-0.2, -0.15) is 13.2 Å². The van der Waals surface area contributed by atoms with Gasteiger partial charge in [-0.1, -0.05) is 25.4 Å². The second-order valence-corrected chi connectivity index (χ2v) is 6.42. The molecule has 146 valence electrons. The first kappa shape index (κ1) is 22.2. The fourth-order valence-corrected chi connectivity index (χ4v) is 2.45. The van der Waals surface area contributed by atoms with Gasteiger partial charge in [0.05, 0.1) is 5.02 Å². The third-order valence-corrected chi connectivity index (χ3v) is 3.83. The van der Waals surface area contributed by atoms with Gasteiger partial charge >= 0.3 is 12.1 Å². The summed E-state index contributed by atoms with van der Waals surface area (Å²) in [6, 6.07) is 3.83. The van der Waals surface area contributed by atoms with Gasteiger partial charge in [0.1, 0.15) is 5.82 Å². The molecule has 1 amide bonds. The molecular formula is C16H21ClF3N3O3. The zero-order valence-corrected chi connectivity index (χ0v) is 15.1. The number of carbonyl (C=O) groups is 2. The highest BCUT2D eigenvalue weighted by Gasteiger charge is 2.38. The molecule has 0 spiro atoms. The number of alkyl halides is 3. The van der Waals surface area contributed by atoms with E-state index in [0.29, 0.717) is 10.8 Å². The normalized spacial score (nSPS) is 15.2. The maximum absolute atomic E-state index is 12.5. The molecule has 1 aromatic heterocycles. The van der Waals surface area contributed by atoms with Crippen LogP contribution in [0.15, 0.2) is 18.3 Å². The summed E-state index contributed by atoms with van der Waals surface area (Å²) in [5.74, 6) is -1.96. The van der Waals surface area contributed by atoms with E-state index in [1.54, 1.807) is 12.3 Å². The van der Waals surface area contributed by atoms with Crippen molar-refractivity contribution in [1.29, 1.82) is 0 Å². The largest absolute Gasteiger partial charge is 0.490 e. The number of carbonyl (C=O) groups excluding carboxylic acids is 1. The van der Waals surface area contributed by atoms with Crippen molar-refractivity contribution in [3.63, 3.8) is 0 Å². The Balaban J connectivity index is 0.000000412. The van der Waals surface area contributed by atoms with Crippen molar-refractivity contribution in [2.75, 3.05) is 18.0 Å². The Labute approximate surface area is 154 Å². The van der Waals surface area contributed by atoms with Crippen LogP contribution in [0.4, 0.5) is 19.0 Å². The van der Waals surface area contributed by atoms with Crippen LogP contribution in [0.2, 0.25) is 5.02 Å². The molecule has 0 unspecified atom stereocenters. The van der Waals surface area contributed by atoms with Crippen LogP contribution >= 0.6 is 11.6 Å². The number of nitrogens with one attached hydrogen (secondary N) is 1. The number of hydrogen-bond donors (Lipinski definition) is 2. The predicted octanol–water partition coefficient (Wildman–Crippen LogP) is 3.11. The molecule has 0 saturated carbocycles. The number of rotatable bonds is 3. The molecule has 1 aliphatic rings. The van der Waals surface area contributed by atoms with Crippen LogP contribution in [0.5, 0.6) is 0 Å². The summed E-state index contributed by atoms with van der Waals surface area (Å²) in [7, 11) is 0. The molecule has 1 fully saturated rings. The van der Waals surface area contributed by atoms with Gasteiger partial charge in [-0.15, -0.1) is 0 Å². The average Bonchev–Trinajstić information content (AvgIpc) is 2.57. The molecule has 2 heterocycles. The lowest BCUT2D eigenvalue weighted by atomic mass is 10.0. The lowest BCUT2D eigenvalue weighted by Gasteiger charge is -2.35. The van der Waals surface area contributed by atoms with Crippen LogP contribution in [-0.2, 0) is 9.59 Å². The van der Waals surface area contributed by atoms with E-state index >= 15 is 0 Å². The van der Waals surface area contributed by atoms with Gasteiger partial charge in [0.2, 0.25) is 5.91 Å². The fourth-order valence-electron chi connectivity index (χ4n) is 2.33. The van der Waals surface area contributed by atoms with E-state index < -0.39 is 12.1 Å². The maximum Gasteiger partial charge on any atom is 0.490 e. The Hall–Kier alpha value is -1.87. The minimum absolute atomic E-state index is 0.0348. The maximum atomic E-state index is 12.5. The first-order chi connectivity index (χ1) is 12.0. The third kappa shape index (κ3) is 6.80. The monoisotopic (exact) mass is 395 g/mol. The van der Waals surface area contributed by atoms with Crippen LogP contribution in [0.25, 0.3) is 0 Å². The summed E-state index contributed by atoms with van der Waals surface area (Å²) in [6.07, 6.45) is -1.57. The standard InChI is InChI=1S/C14H20ClN3O.C2HF3O2/c1-10(2)14(19)18(12-5-7-16-8-6-12)13-4-3-11(15)9-17-13;3-2(4,5)1(6)7/h3-4,9-10,12,16H,5-8H2,1-2H3;(H,6,7). The first-order valence-corrected chi connectivity index (χ1v) is 8.37. The Kier molecular flexibility index (Phi) is 8.29. The van der Waals surface area contributed by atoms with Crippen molar-refractivity contribution in [3.8, 4) is 0 Å². The summed E-state index contributed by atoms with van der Waals surface area (Å²) in [5, 5.41) is 11.0. The van der Waals surface area contributed by atoms with E-state index in [1.807, 2.05) is 24.8 Å². The van der Waals surface area contributed by atoms with Crippen LogP contribution in [0, 0.1) is 5.92 Å². The number of aromatic nitrogens is 1.